The molecule has 0 saturated carbocycles. The zero-order valence-corrected chi connectivity index (χ0v) is 15.2. The number of carboxylic acid groups (broad SMARTS) is 1. The van der Waals surface area contributed by atoms with Gasteiger partial charge >= 0.3 is 5.97 Å². The Balaban J connectivity index is 1.63. The Morgan fingerprint density at radius 3 is 2.62 bits per heavy atom. The molecule has 4 N–H and O–H groups in total. The number of hydrogen-bond donors (Lipinski definition) is 4. The predicted molar refractivity (Wildman–Crippen MR) is 95.3 cm³/mol. The number of hydrogen-bond acceptors (Lipinski definition) is 7. The summed E-state index contributed by atoms with van der Waals surface area (Å²) in [5.74, 6) is -1.36. The molecule has 10 heteroatoms. The maximum atomic E-state index is 12.2. The Hall–Kier alpha value is -2.07. The largest absolute Gasteiger partial charge is 0.477 e. The van der Waals surface area contributed by atoms with Gasteiger partial charge in [0.15, 0.2) is 0 Å². The highest BCUT2D eigenvalue weighted by molar-refractivity contribution is 8.03. The highest BCUT2D eigenvalue weighted by Gasteiger charge is 2.56. The number of carboxylic acids is 1. The number of likely N-dealkylation sites (tertiary alicyclic amines) is 1. The first-order valence-corrected chi connectivity index (χ1v) is 9.46. The molecule has 3 heterocycles. The fraction of sp³-hybridized carbons (Fsp3) is 0.625. The SMILES string of the molecule is C[C@@H](O)[C@H]1C(=O)N2C(C(=O)O)=C(SCC(=N)N3CCC(=NO)CC3)C[C@H]12. The summed E-state index contributed by atoms with van der Waals surface area (Å²) in [6.45, 7) is 2.74. The fourth-order valence-electron chi connectivity index (χ4n) is 3.74. The van der Waals surface area contributed by atoms with Crippen molar-refractivity contribution in [3.05, 3.63) is 10.6 Å². The minimum absolute atomic E-state index is 0.0111. The number of thioether (sulfide) groups is 1. The number of β-lactam (4-membered cyclic amide) rings is 1. The van der Waals surface area contributed by atoms with E-state index in [0.717, 1.165) is 5.71 Å². The topological polar surface area (TPSA) is 138 Å². The van der Waals surface area contributed by atoms with Crippen LogP contribution in [-0.4, -0.2) is 79.6 Å². The van der Waals surface area contributed by atoms with Gasteiger partial charge in [0.2, 0.25) is 5.91 Å². The van der Waals surface area contributed by atoms with Crippen molar-refractivity contribution in [1.82, 2.24) is 9.80 Å². The van der Waals surface area contributed by atoms with Crippen molar-refractivity contribution in [1.29, 1.82) is 5.41 Å². The minimum Gasteiger partial charge on any atom is -0.477 e. The first-order valence-electron chi connectivity index (χ1n) is 8.47. The van der Waals surface area contributed by atoms with Gasteiger partial charge in [-0.05, 0) is 6.92 Å². The summed E-state index contributed by atoms with van der Waals surface area (Å²) in [5.41, 5.74) is 0.712. The predicted octanol–water partition coefficient (Wildman–Crippen LogP) is 0.531. The Labute approximate surface area is 154 Å². The molecule has 3 aliphatic heterocycles. The van der Waals surface area contributed by atoms with Crippen LogP contribution in [0.5, 0.6) is 0 Å². The van der Waals surface area contributed by atoms with E-state index in [1.54, 1.807) is 6.92 Å². The van der Waals surface area contributed by atoms with Crippen molar-refractivity contribution in [3.63, 3.8) is 0 Å². The molecule has 0 aliphatic carbocycles. The molecular formula is C16H22N4O5S. The lowest BCUT2D eigenvalue weighted by molar-refractivity contribution is -0.161. The monoisotopic (exact) mass is 382 g/mol. The average molecular weight is 382 g/mol. The van der Waals surface area contributed by atoms with Crippen LogP contribution in [0.3, 0.4) is 0 Å². The summed E-state index contributed by atoms with van der Waals surface area (Å²) in [7, 11) is 0. The van der Waals surface area contributed by atoms with Gasteiger partial charge in [-0.3, -0.25) is 10.2 Å². The third kappa shape index (κ3) is 3.18. The van der Waals surface area contributed by atoms with E-state index >= 15 is 0 Å². The summed E-state index contributed by atoms with van der Waals surface area (Å²) in [5, 5.41) is 39.4. The van der Waals surface area contributed by atoms with Crippen LogP contribution in [0, 0.1) is 11.3 Å². The molecular weight excluding hydrogens is 360 g/mol. The molecule has 9 nitrogen and oxygen atoms in total. The van der Waals surface area contributed by atoms with Crippen LogP contribution in [0.15, 0.2) is 15.8 Å². The zero-order valence-electron chi connectivity index (χ0n) is 14.4. The number of rotatable bonds is 5. The Bertz CT molecular complexity index is 695. The van der Waals surface area contributed by atoms with Crippen molar-refractivity contribution in [3.8, 4) is 0 Å². The van der Waals surface area contributed by atoms with Gasteiger partial charge < -0.3 is 25.2 Å². The molecule has 0 aromatic carbocycles. The molecule has 142 valence electrons. The highest BCUT2D eigenvalue weighted by Crippen LogP contribution is 2.47. The van der Waals surface area contributed by atoms with E-state index in [4.69, 9.17) is 10.6 Å². The molecule has 0 radical (unpaired) electrons. The molecule has 0 aromatic rings. The Morgan fingerprint density at radius 1 is 1.42 bits per heavy atom. The normalized spacial score (nSPS) is 26.5. The second kappa shape index (κ2) is 7.28. The van der Waals surface area contributed by atoms with Crippen molar-refractivity contribution in [2.45, 2.75) is 38.3 Å². The fourth-order valence-corrected chi connectivity index (χ4v) is 4.85. The standard InChI is InChI=1S/C16H22N4O5S/c1-8(21)13-10-6-11(14(16(23)24)20(10)15(13)22)26-7-12(17)19-4-2-9(18-25)3-5-19/h8,10,13,17,21,25H,2-7H2,1H3,(H,23,24)/t8-,10-,13-/m1/s1. The van der Waals surface area contributed by atoms with E-state index in [-0.39, 0.29) is 17.6 Å². The van der Waals surface area contributed by atoms with Crippen molar-refractivity contribution >= 4 is 35.2 Å². The number of fused-ring (bicyclic) bond motifs is 1. The Kier molecular flexibility index (Phi) is 5.24. The second-order valence-electron chi connectivity index (χ2n) is 6.71. The maximum absolute atomic E-state index is 12.2. The van der Waals surface area contributed by atoms with Gasteiger partial charge in [0.25, 0.3) is 0 Å². The number of aliphatic carboxylic acids is 1. The van der Waals surface area contributed by atoms with Crippen molar-refractivity contribution in [2.24, 2.45) is 11.1 Å². The Morgan fingerprint density at radius 2 is 2.08 bits per heavy atom. The van der Waals surface area contributed by atoms with Gasteiger partial charge in [-0.25, -0.2) is 4.79 Å². The van der Waals surface area contributed by atoms with Crippen LogP contribution < -0.4 is 0 Å². The smallest absolute Gasteiger partial charge is 0.353 e. The summed E-state index contributed by atoms with van der Waals surface area (Å²) in [4.78, 5) is 27.5. The number of aliphatic hydroxyl groups excluding tert-OH is 1. The van der Waals surface area contributed by atoms with Crippen LogP contribution in [0.1, 0.15) is 26.2 Å². The van der Waals surface area contributed by atoms with E-state index in [2.05, 4.69) is 5.16 Å². The van der Waals surface area contributed by atoms with Crippen LogP contribution in [0.2, 0.25) is 0 Å². The first-order chi connectivity index (χ1) is 12.3. The number of piperidine rings is 1. The van der Waals surface area contributed by atoms with Crippen LogP contribution in [0.25, 0.3) is 0 Å². The summed E-state index contributed by atoms with van der Waals surface area (Å²) < 4.78 is 0. The zero-order chi connectivity index (χ0) is 19.0. The van der Waals surface area contributed by atoms with Gasteiger partial charge in [0, 0.05) is 37.3 Å². The van der Waals surface area contributed by atoms with Crippen LogP contribution >= 0.6 is 11.8 Å². The minimum atomic E-state index is -1.15. The third-order valence-corrected chi connectivity index (χ3v) is 6.26. The number of nitrogens with zero attached hydrogens (tertiary/aromatic N) is 3. The molecule has 3 rings (SSSR count). The van der Waals surface area contributed by atoms with Gasteiger partial charge in [-0.15, -0.1) is 11.8 Å². The molecule has 0 aromatic heterocycles. The van der Waals surface area contributed by atoms with E-state index in [9.17, 15) is 19.8 Å². The van der Waals surface area contributed by atoms with Crippen LogP contribution in [0.4, 0.5) is 0 Å². The first kappa shape index (κ1) is 18.7. The number of amides is 1. The van der Waals surface area contributed by atoms with Gasteiger partial charge in [0.1, 0.15) is 11.5 Å². The lowest BCUT2D eigenvalue weighted by Crippen LogP contribution is -2.61. The second-order valence-corrected chi connectivity index (χ2v) is 7.78. The van der Waals surface area contributed by atoms with Crippen molar-refractivity contribution in [2.75, 3.05) is 18.8 Å². The molecule has 0 spiro atoms. The van der Waals surface area contributed by atoms with E-state index in [0.29, 0.717) is 48.8 Å². The van der Waals surface area contributed by atoms with Gasteiger partial charge in [0.05, 0.1) is 29.5 Å². The summed E-state index contributed by atoms with van der Waals surface area (Å²) >= 11 is 1.27. The molecule has 3 aliphatic rings. The van der Waals surface area contributed by atoms with Crippen LogP contribution in [-0.2, 0) is 9.59 Å². The number of aliphatic hydroxyl groups is 1. The van der Waals surface area contributed by atoms with Gasteiger partial charge in [-0.1, -0.05) is 5.16 Å². The lowest BCUT2D eigenvalue weighted by Gasteiger charge is -2.44. The number of nitrogens with one attached hydrogen (secondary N) is 1. The molecule has 26 heavy (non-hydrogen) atoms. The van der Waals surface area contributed by atoms with E-state index in [1.165, 1.54) is 16.7 Å². The maximum Gasteiger partial charge on any atom is 0.353 e. The molecule has 0 bridgehead atoms. The average Bonchev–Trinajstić information content (AvgIpc) is 2.93. The molecule has 1 amide bonds. The summed E-state index contributed by atoms with van der Waals surface area (Å²) in [6.07, 6.45) is 0.805. The number of amidine groups is 1. The molecule has 0 unspecified atom stereocenters. The number of oxime groups is 1. The molecule has 2 fully saturated rings. The number of carbonyl (C=O) groups is 2. The highest BCUT2D eigenvalue weighted by atomic mass is 32.2. The lowest BCUT2D eigenvalue weighted by atomic mass is 9.83. The quantitative estimate of drug-likeness (QED) is 0.179. The van der Waals surface area contributed by atoms with Gasteiger partial charge in [-0.2, -0.15) is 0 Å². The third-order valence-electron chi connectivity index (χ3n) is 5.14. The number of carbonyl (C=O) groups excluding carboxylic acids is 1. The molecule has 3 atom stereocenters. The molecule has 2 saturated heterocycles. The van der Waals surface area contributed by atoms with E-state index in [1.807, 2.05) is 4.90 Å². The summed E-state index contributed by atoms with van der Waals surface area (Å²) in [6, 6.07) is -0.302. The van der Waals surface area contributed by atoms with E-state index < -0.39 is 18.0 Å². The van der Waals surface area contributed by atoms with Crippen molar-refractivity contribution < 1.29 is 25.0 Å².